The molecule has 3 heteroatoms. The minimum Gasteiger partial charge on any atom is -0.320 e. The Morgan fingerprint density at radius 3 is 2.72 bits per heavy atom. The van der Waals surface area contributed by atoms with Gasteiger partial charge < -0.3 is 5.73 Å². The Kier molecular flexibility index (Phi) is 2.98. The number of thiophene rings is 2. The lowest BCUT2D eigenvalue weighted by Crippen LogP contribution is -2.10. The van der Waals surface area contributed by atoms with Gasteiger partial charge in [0.05, 0.1) is 6.04 Å². The van der Waals surface area contributed by atoms with Crippen LogP contribution >= 0.6 is 22.7 Å². The zero-order chi connectivity index (χ0) is 12.7. The highest BCUT2D eigenvalue weighted by atomic mass is 32.1. The monoisotopic (exact) mass is 273 g/mol. The fourth-order valence-corrected chi connectivity index (χ4v) is 4.19. The van der Waals surface area contributed by atoms with Crippen LogP contribution in [-0.4, -0.2) is 0 Å². The Morgan fingerprint density at radius 1 is 1.17 bits per heavy atom. The van der Waals surface area contributed by atoms with Crippen LogP contribution in [0.1, 0.15) is 26.9 Å². The Bertz CT molecular complexity index is 674. The number of rotatable bonds is 2. The molecule has 2 heterocycles. The van der Waals surface area contributed by atoms with Crippen LogP contribution in [0.25, 0.3) is 10.1 Å². The number of hydrogen-bond donors (Lipinski definition) is 1. The molecule has 0 bridgehead atoms. The fraction of sp³-hybridized carbons (Fsp3) is 0.200. The van der Waals surface area contributed by atoms with Gasteiger partial charge >= 0.3 is 0 Å². The van der Waals surface area contributed by atoms with E-state index in [0.717, 1.165) is 0 Å². The molecule has 3 aromatic rings. The van der Waals surface area contributed by atoms with Crippen molar-refractivity contribution in [1.29, 1.82) is 0 Å². The summed E-state index contributed by atoms with van der Waals surface area (Å²) in [5, 5.41) is 3.42. The Labute approximate surface area is 115 Å². The molecule has 2 aromatic heterocycles. The summed E-state index contributed by atoms with van der Waals surface area (Å²) < 4.78 is 1.31. The molecule has 1 atom stereocenters. The quantitative estimate of drug-likeness (QED) is 0.724. The van der Waals surface area contributed by atoms with Crippen molar-refractivity contribution >= 4 is 32.8 Å². The second-order valence-corrected chi connectivity index (χ2v) is 6.76. The molecular weight excluding hydrogens is 258 g/mol. The summed E-state index contributed by atoms with van der Waals surface area (Å²) in [5.41, 5.74) is 9.02. The van der Waals surface area contributed by atoms with Gasteiger partial charge in [0.2, 0.25) is 0 Å². The van der Waals surface area contributed by atoms with Crippen LogP contribution in [0.3, 0.4) is 0 Å². The number of nitrogens with two attached hydrogens (primary N) is 1. The number of aryl methyl sites for hydroxylation is 2. The van der Waals surface area contributed by atoms with Gasteiger partial charge in [-0.3, -0.25) is 0 Å². The molecule has 0 amide bonds. The third kappa shape index (κ3) is 1.88. The van der Waals surface area contributed by atoms with Crippen LogP contribution in [0.15, 0.2) is 35.7 Å². The van der Waals surface area contributed by atoms with Crippen LogP contribution in [0.4, 0.5) is 0 Å². The third-order valence-corrected chi connectivity index (χ3v) is 5.55. The summed E-state index contributed by atoms with van der Waals surface area (Å²) in [4.78, 5) is 2.62. The van der Waals surface area contributed by atoms with E-state index >= 15 is 0 Å². The molecule has 0 aliphatic rings. The first kappa shape index (κ1) is 11.9. The number of benzene rings is 1. The predicted octanol–water partition coefficient (Wildman–Crippen LogP) is 4.63. The Hall–Kier alpha value is -1.16. The maximum Gasteiger partial charge on any atom is 0.0660 e. The first-order chi connectivity index (χ1) is 8.66. The van der Waals surface area contributed by atoms with Crippen molar-refractivity contribution in [3.05, 3.63) is 56.6 Å². The van der Waals surface area contributed by atoms with E-state index in [1.54, 1.807) is 11.3 Å². The average molecular weight is 273 g/mol. The van der Waals surface area contributed by atoms with Gasteiger partial charge in [-0.05, 0) is 47.9 Å². The first-order valence-electron chi connectivity index (χ1n) is 5.95. The van der Waals surface area contributed by atoms with E-state index in [-0.39, 0.29) is 6.04 Å². The largest absolute Gasteiger partial charge is 0.320 e. The van der Waals surface area contributed by atoms with Crippen molar-refractivity contribution in [2.75, 3.05) is 0 Å². The van der Waals surface area contributed by atoms with E-state index < -0.39 is 0 Å². The minimum atomic E-state index is -0.00949. The molecule has 2 N–H and O–H groups in total. The van der Waals surface area contributed by atoms with Crippen LogP contribution in [0.2, 0.25) is 0 Å². The molecule has 0 fully saturated rings. The van der Waals surface area contributed by atoms with Gasteiger partial charge in [-0.2, -0.15) is 0 Å². The maximum absolute atomic E-state index is 6.44. The average Bonchev–Trinajstić information content (AvgIpc) is 2.95. The zero-order valence-electron chi connectivity index (χ0n) is 10.4. The highest BCUT2D eigenvalue weighted by molar-refractivity contribution is 7.17. The van der Waals surface area contributed by atoms with E-state index in [9.17, 15) is 0 Å². The van der Waals surface area contributed by atoms with Gasteiger partial charge in [0.25, 0.3) is 0 Å². The molecule has 0 saturated heterocycles. The molecule has 0 saturated carbocycles. The minimum absolute atomic E-state index is 0.00949. The van der Waals surface area contributed by atoms with Crippen molar-refractivity contribution in [3.8, 4) is 0 Å². The predicted molar refractivity (Wildman–Crippen MR) is 81.6 cm³/mol. The van der Waals surface area contributed by atoms with E-state index in [1.165, 1.54) is 31.0 Å². The van der Waals surface area contributed by atoms with E-state index in [0.29, 0.717) is 0 Å². The van der Waals surface area contributed by atoms with Gasteiger partial charge in [0, 0.05) is 14.5 Å². The molecule has 0 spiro atoms. The molecule has 0 radical (unpaired) electrons. The summed E-state index contributed by atoms with van der Waals surface area (Å²) in [6, 6.07) is 10.8. The molecule has 18 heavy (non-hydrogen) atoms. The van der Waals surface area contributed by atoms with E-state index in [2.05, 4.69) is 49.6 Å². The summed E-state index contributed by atoms with van der Waals surface area (Å²) in [6.07, 6.45) is 0. The molecule has 3 rings (SSSR count). The zero-order valence-corrected chi connectivity index (χ0v) is 12.1. The van der Waals surface area contributed by atoms with Gasteiger partial charge in [-0.1, -0.05) is 18.2 Å². The third-order valence-electron chi connectivity index (χ3n) is 3.34. The van der Waals surface area contributed by atoms with Gasteiger partial charge in [-0.25, -0.2) is 0 Å². The van der Waals surface area contributed by atoms with Crippen LogP contribution < -0.4 is 5.73 Å². The highest BCUT2D eigenvalue weighted by Crippen LogP contribution is 2.34. The standard InChI is InChI=1S/C15H15NS2/c1-9-8-13(18-10(9)2)14(16)12-5-3-4-11-6-7-17-15(11)12/h3-8,14H,16H2,1-2H3. The summed E-state index contributed by atoms with van der Waals surface area (Å²) in [6.45, 7) is 4.30. The van der Waals surface area contributed by atoms with Crippen molar-refractivity contribution < 1.29 is 0 Å². The van der Waals surface area contributed by atoms with Crippen LogP contribution in [-0.2, 0) is 0 Å². The lowest BCUT2D eigenvalue weighted by atomic mass is 10.0. The van der Waals surface area contributed by atoms with Gasteiger partial charge in [-0.15, -0.1) is 22.7 Å². The van der Waals surface area contributed by atoms with Crippen molar-refractivity contribution in [1.82, 2.24) is 0 Å². The Balaban J connectivity index is 2.11. The molecule has 1 aromatic carbocycles. The molecular formula is C15H15NS2. The molecule has 1 nitrogen and oxygen atoms in total. The lowest BCUT2D eigenvalue weighted by molar-refractivity contribution is 0.904. The number of hydrogen-bond acceptors (Lipinski definition) is 3. The summed E-state index contributed by atoms with van der Waals surface area (Å²) in [5.74, 6) is 0. The van der Waals surface area contributed by atoms with E-state index in [4.69, 9.17) is 5.73 Å². The fourth-order valence-electron chi connectivity index (χ4n) is 2.17. The normalized spacial score (nSPS) is 13.1. The van der Waals surface area contributed by atoms with Crippen molar-refractivity contribution in [2.45, 2.75) is 19.9 Å². The lowest BCUT2D eigenvalue weighted by Gasteiger charge is -2.11. The molecule has 92 valence electrons. The summed E-state index contributed by atoms with van der Waals surface area (Å²) >= 11 is 3.58. The molecule has 0 aliphatic carbocycles. The van der Waals surface area contributed by atoms with Crippen LogP contribution in [0, 0.1) is 13.8 Å². The Morgan fingerprint density at radius 2 is 2.00 bits per heavy atom. The second-order valence-electron chi connectivity index (χ2n) is 4.55. The van der Waals surface area contributed by atoms with Crippen molar-refractivity contribution in [3.63, 3.8) is 0 Å². The van der Waals surface area contributed by atoms with Crippen molar-refractivity contribution in [2.24, 2.45) is 5.73 Å². The maximum atomic E-state index is 6.44. The van der Waals surface area contributed by atoms with Gasteiger partial charge in [0.15, 0.2) is 0 Å². The number of fused-ring (bicyclic) bond motifs is 1. The summed E-state index contributed by atoms with van der Waals surface area (Å²) in [7, 11) is 0. The van der Waals surface area contributed by atoms with E-state index in [1.807, 2.05) is 11.3 Å². The topological polar surface area (TPSA) is 26.0 Å². The van der Waals surface area contributed by atoms with Crippen LogP contribution in [0.5, 0.6) is 0 Å². The molecule has 0 aliphatic heterocycles. The second kappa shape index (κ2) is 4.50. The first-order valence-corrected chi connectivity index (χ1v) is 7.65. The SMILES string of the molecule is Cc1cc(C(N)c2cccc3ccsc23)sc1C. The smallest absolute Gasteiger partial charge is 0.0660 e. The highest BCUT2D eigenvalue weighted by Gasteiger charge is 2.15. The van der Waals surface area contributed by atoms with Gasteiger partial charge in [0.1, 0.15) is 0 Å². The molecule has 1 unspecified atom stereocenters.